The van der Waals surface area contributed by atoms with Crippen molar-refractivity contribution in [3.05, 3.63) is 61.6 Å². The molecule has 4 amide bonds. The van der Waals surface area contributed by atoms with Gasteiger partial charge >= 0.3 is 12.4 Å². The minimum Gasteiger partial charge on any atom is -0.503 e. The summed E-state index contributed by atoms with van der Waals surface area (Å²) in [7, 11) is 1.25. The number of aromatic hydroxyl groups is 1. The van der Waals surface area contributed by atoms with Crippen molar-refractivity contribution in [2.75, 3.05) is 17.5 Å². The number of benzene rings is 2. The lowest BCUT2D eigenvalue weighted by molar-refractivity contribution is -0.143. The van der Waals surface area contributed by atoms with Gasteiger partial charge in [-0.2, -0.15) is 26.3 Å². The van der Waals surface area contributed by atoms with Gasteiger partial charge in [0.25, 0.3) is 11.8 Å². The number of likely N-dealkylation sites (tertiary alicyclic amines) is 1. The van der Waals surface area contributed by atoms with E-state index >= 15 is 0 Å². The van der Waals surface area contributed by atoms with Crippen LogP contribution in [0, 0.1) is 17.8 Å². The van der Waals surface area contributed by atoms with Gasteiger partial charge in [-0.05, 0) is 80.4 Å². The summed E-state index contributed by atoms with van der Waals surface area (Å²) in [6, 6.07) is 1.80. The van der Waals surface area contributed by atoms with Gasteiger partial charge in [-0.25, -0.2) is 4.90 Å². The smallest absolute Gasteiger partial charge is 0.416 e. The fourth-order valence-electron chi connectivity index (χ4n) is 7.40. The van der Waals surface area contributed by atoms with Crippen LogP contribution in [0.1, 0.15) is 35.4 Å². The summed E-state index contributed by atoms with van der Waals surface area (Å²) in [5.41, 5.74) is -4.25. The number of hydrogen-bond acceptors (Lipinski definition) is 6. The third-order valence-electron chi connectivity index (χ3n) is 9.55. The summed E-state index contributed by atoms with van der Waals surface area (Å²) in [6.07, 6.45) is -9.70. The molecule has 0 bridgehead atoms. The van der Waals surface area contributed by atoms with Crippen molar-refractivity contribution in [1.82, 2.24) is 4.90 Å². The second kappa shape index (κ2) is 11.9. The summed E-state index contributed by atoms with van der Waals surface area (Å²) in [4.78, 5) is 52.4. The second-order valence-electron chi connectivity index (χ2n) is 11.9. The standard InChI is InChI=1S/C30H19Br3Cl2F6N2O6/c1-49-17-7-15(20(32)21(33)22(17)44)19-13-2-3-14-18(16(13)8-27(34)25(47)42(9-31)26(48)28(19,27)35)24(46)43(23(14)45)12-5-10(29(36,37)38)4-11(6-12)30(39,40)41/h2,4-7,14,16,18-19,44H,3,8-9H2,1H3/t14-,16+,18-,19+,27+,28-/m0/s1. The fourth-order valence-corrected chi connectivity index (χ4v) is 9.77. The van der Waals surface area contributed by atoms with E-state index in [1.165, 1.54) is 19.3 Å². The second-order valence-corrected chi connectivity index (χ2v) is 15.2. The quantitative estimate of drug-likeness (QED) is 0.110. The number of carbonyl (C=O) groups is 4. The zero-order valence-electron chi connectivity index (χ0n) is 24.4. The zero-order valence-corrected chi connectivity index (χ0v) is 30.6. The third-order valence-corrected chi connectivity index (χ3v) is 13.6. The lowest BCUT2D eigenvalue weighted by atomic mass is 9.56. The Morgan fingerprint density at radius 1 is 0.918 bits per heavy atom. The molecule has 6 atom stereocenters. The molecule has 2 heterocycles. The molecular weight excluding hydrogens is 909 g/mol. The van der Waals surface area contributed by atoms with Crippen molar-refractivity contribution >= 4 is 100 Å². The number of amides is 4. The highest BCUT2D eigenvalue weighted by atomic mass is 79.9. The van der Waals surface area contributed by atoms with Gasteiger partial charge in [0, 0.05) is 10.4 Å². The van der Waals surface area contributed by atoms with E-state index in [4.69, 9.17) is 27.9 Å². The molecule has 2 aromatic rings. The van der Waals surface area contributed by atoms with Crippen LogP contribution in [0.15, 0.2) is 44.9 Å². The Labute approximate surface area is 308 Å². The predicted octanol–water partition coefficient (Wildman–Crippen LogP) is 7.88. The highest BCUT2D eigenvalue weighted by molar-refractivity contribution is 9.13. The van der Waals surface area contributed by atoms with E-state index < -0.39 is 92.6 Å². The van der Waals surface area contributed by atoms with E-state index in [1.54, 1.807) is 0 Å². The molecule has 2 aliphatic carbocycles. The minimum absolute atomic E-state index is 0.0659. The molecule has 2 aliphatic heterocycles. The largest absolute Gasteiger partial charge is 0.503 e. The number of ether oxygens (including phenoxy) is 1. The molecule has 1 saturated carbocycles. The number of halogens is 11. The van der Waals surface area contributed by atoms with Crippen LogP contribution in [0.5, 0.6) is 11.5 Å². The highest BCUT2D eigenvalue weighted by Gasteiger charge is 2.76. The number of allylic oxidation sites excluding steroid dienone is 2. The number of imide groups is 2. The zero-order chi connectivity index (χ0) is 36.3. The summed E-state index contributed by atoms with van der Waals surface area (Å²) < 4.78 is 87.9. The van der Waals surface area contributed by atoms with Gasteiger partial charge < -0.3 is 9.84 Å². The molecule has 6 rings (SSSR count). The van der Waals surface area contributed by atoms with Crippen molar-refractivity contribution in [3.63, 3.8) is 0 Å². The molecule has 0 unspecified atom stereocenters. The molecule has 0 radical (unpaired) electrons. The normalized spacial score (nSPS) is 30.0. The first kappa shape index (κ1) is 36.5. The number of anilines is 1. The van der Waals surface area contributed by atoms with Gasteiger partial charge in [0.1, 0.15) is 0 Å². The minimum atomic E-state index is -5.25. The van der Waals surface area contributed by atoms with E-state index in [1.807, 2.05) is 0 Å². The monoisotopic (exact) mass is 924 g/mol. The first-order valence-electron chi connectivity index (χ1n) is 14.1. The van der Waals surface area contributed by atoms with Crippen LogP contribution in [-0.4, -0.2) is 55.9 Å². The van der Waals surface area contributed by atoms with Crippen molar-refractivity contribution in [1.29, 1.82) is 0 Å². The van der Waals surface area contributed by atoms with Crippen LogP contribution in [0.3, 0.4) is 0 Å². The highest BCUT2D eigenvalue weighted by Crippen LogP contribution is 2.67. The Morgan fingerprint density at radius 2 is 1.51 bits per heavy atom. The first-order chi connectivity index (χ1) is 22.6. The molecule has 19 heteroatoms. The molecule has 3 fully saturated rings. The number of alkyl halides is 9. The van der Waals surface area contributed by atoms with Gasteiger partial charge in [0.15, 0.2) is 21.2 Å². The molecular formula is C30H19Br3Cl2F6N2O6. The van der Waals surface area contributed by atoms with Crippen LogP contribution in [-0.2, 0) is 31.5 Å². The van der Waals surface area contributed by atoms with E-state index in [0.29, 0.717) is 4.90 Å². The maximum absolute atomic E-state index is 14.2. The Balaban J connectivity index is 1.55. The van der Waals surface area contributed by atoms with Crippen LogP contribution >= 0.6 is 71.0 Å². The van der Waals surface area contributed by atoms with Crippen molar-refractivity contribution in [2.24, 2.45) is 17.8 Å². The molecule has 2 saturated heterocycles. The first-order valence-corrected chi connectivity index (χ1v) is 17.5. The summed E-state index contributed by atoms with van der Waals surface area (Å²) >= 11 is 24.1. The van der Waals surface area contributed by atoms with Gasteiger partial charge in [-0.15, -0.1) is 23.2 Å². The van der Waals surface area contributed by atoms with Crippen molar-refractivity contribution in [2.45, 2.75) is 40.9 Å². The summed E-state index contributed by atoms with van der Waals surface area (Å²) in [5, 5.41) is 10.6. The number of hydrogen-bond donors (Lipinski definition) is 1. The molecule has 1 N–H and O–H groups in total. The lowest BCUT2D eigenvalue weighted by Crippen LogP contribution is -2.60. The number of phenolic OH excluding ortho intramolecular Hbond substituents is 1. The average Bonchev–Trinajstić information content (AvgIpc) is 3.36. The fraction of sp³-hybridized carbons (Fsp3) is 0.400. The van der Waals surface area contributed by atoms with Crippen LogP contribution < -0.4 is 9.64 Å². The Hall–Kier alpha value is -2.34. The Morgan fingerprint density at radius 3 is 2.04 bits per heavy atom. The summed E-state index contributed by atoms with van der Waals surface area (Å²) in [5.74, 6) is -9.59. The number of phenols is 1. The number of rotatable bonds is 4. The SMILES string of the molecule is COc1cc([C@H]2C3=CC[C@@H]4C(=O)N(c5cc(C(F)(F)F)cc(C(F)(F)F)c5)C(=O)[C@@H]4[C@@H]3C[C@@]3(Cl)C(=O)N(CBr)C(=O)[C@@]23Cl)c(Br)c(Br)c1O. The number of nitrogens with zero attached hydrogens (tertiary/aromatic N) is 2. The van der Waals surface area contributed by atoms with Crippen LogP contribution in [0.25, 0.3) is 0 Å². The van der Waals surface area contributed by atoms with Gasteiger partial charge in [0.05, 0.1) is 45.7 Å². The number of fused-ring (bicyclic) bond motifs is 4. The van der Waals surface area contributed by atoms with Gasteiger partial charge in [-0.3, -0.25) is 24.1 Å². The average molecular weight is 928 g/mol. The predicted molar refractivity (Wildman–Crippen MR) is 172 cm³/mol. The molecule has 49 heavy (non-hydrogen) atoms. The molecule has 0 spiro atoms. The number of carbonyl (C=O) groups excluding carboxylic acids is 4. The lowest BCUT2D eigenvalue weighted by Gasteiger charge is -2.51. The summed E-state index contributed by atoms with van der Waals surface area (Å²) in [6.45, 7) is 0. The maximum Gasteiger partial charge on any atom is 0.416 e. The molecule has 4 aliphatic rings. The Bertz CT molecular complexity index is 1860. The van der Waals surface area contributed by atoms with Crippen LogP contribution in [0.2, 0.25) is 0 Å². The van der Waals surface area contributed by atoms with Crippen molar-refractivity contribution < 1.29 is 55.4 Å². The van der Waals surface area contributed by atoms with Crippen molar-refractivity contribution in [3.8, 4) is 11.5 Å². The topological polar surface area (TPSA) is 104 Å². The van der Waals surface area contributed by atoms with E-state index in [9.17, 15) is 50.6 Å². The Kier molecular flexibility index (Phi) is 8.82. The maximum atomic E-state index is 14.2. The third kappa shape index (κ3) is 5.10. The molecule has 2 aromatic carbocycles. The molecule has 8 nitrogen and oxygen atoms in total. The van der Waals surface area contributed by atoms with Crippen LogP contribution in [0.4, 0.5) is 32.0 Å². The van der Waals surface area contributed by atoms with Gasteiger partial charge in [-0.1, -0.05) is 27.6 Å². The number of methoxy groups -OCH3 is 1. The van der Waals surface area contributed by atoms with Gasteiger partial charge in [0.2, 0.25) is 11.8 Å². The van der Waals surface area contributed by atoms with E-state index in [2.05, 4.69) is 47.8 Å². The van der Waals surface area contributed by atoms with E-state index in [0.717, 1.165) is 4.90 Å². The molecule has 262 valence electrons. The van der Waals surface area contributed by atoms with E-state index in [-0.39, 0.29) is 61.7 Å². The molecule has 0 aromatic heterocycles.